The number of nitriles is 1. The van der Waals surface area contributed by atoms with Crippen molar-refractivity contribution in [2.24, 2.45) is 5.92 Å². The molecule has 0 heterocycles. The van der Waals surface area contributed by atoms with Gasteiger partial charge in [-0.1, -0.05) is 0 Å². The van der Waals surface area contributed by atoms with Crippen LogP contribution in [0.4, 0.5) is 10.1 Å². The van der Waals surface area contributed by atoms with Gasteiger partial charge in [-0.25, -0.2) is 4.39 Å². The van der Waals surface area contributed by atoms with E-state index in [9.17, 15) is 4.39 Å². The van der Waals surface area contributed by atoms with Crippen molar-refractivity contribution in [1.82, 2.24) is 0 Å². The van der Waals surface area contributed by atoms with Crippen LogP contribution in [0.15, 0.2) is 18.2 Å². The molecule has 1 aromatic rings. The zero-order chi connectivity index (χ0) is 11.8. The number of nitrogens with zero attached hydrogens (tertiary/aromatic N) is 2. The summed E-state index contributed by atoms with van der Waals surface area (Å²) in [6.07, 6.45) is 5.05. The maximum absolute atomic E-state index is 13.6. The molecule has 0 saturated heterocycles. The lowest BCUT2D eigenvalue weighted by atomic mass is 10.2. The third-order valence-electron chi connectivity index (χ3n) is 3.54. The van der Waals surface area contributed by atoms with Crippen molar-refractivity contribution in [3.63, 3.8) is 0 Å². The van der Waals surface area contributed by atoms with Gasteiger partial charge in [0, 0.05) is 18.3 Å². The summed E-state index contributed by atoms with van der Waals surface area (Å²) in [4.78, 5) is 2.32. The molecule has 17 heavy (non-hydrogen) atoms. The van der Waals surface area contributed by atoms with Gasteiger partial charge in [-0.3, -0.25) is 0 Å². The van der Waals surface area contributed by atoms with Gasteiger partial charge in [0.2, 0.25) is 0 Å². The zero-order valence-electron chi connectivity index (χ0n) is 9.69. The SMILES string of the molecule is N#Cc1ccc(N(CC2CC2)C2CC2)cc1F. The molecule has 1 aromatic carbocycles. The molecule has 0 radical (unpaired) electrons. The van der Waals surface area contributed by atoms with E-state index in [2.05, 4.69) is 4.90 Å². The smallest absolute Gasteiger partial charge is 0.143 e. The number of hydrogen-bond acceptors (Lipinski definition) is 2. The summed E-state index contributed by atoms with van der Waals surface area (Å²) in [5.41, 5.74) is 1.08. The molecule has 2 aliphatic carbocycles. The number of halogens is 1. The first kappa shape index (κ1) is 10.6. The molecule has 2 nitrogen and oxygen atoms in total. The first-order valence-electron chi connectivity index (χ1n) is 6.24. The van der Waals surface area contributed by atoms with Crippen LogP contribution in [-0.2, 0) is 0 Å². The van der Waals surface area contributed by atoms with E-state index in [1.165, 1.54) is 31.7 Å². The van der Waals surface area contributed by atoms with Gasteiger partial charge in [0.25, 0.3) is 0 Å². The van der Waals surface area contributed by atoms with E-state index in [4.69, 9.17) is 5.26 Å². The molecule has 2 aliphatic rings. The molecular weight excluding hydrogens is 215 g/mol. The predicted molar refractivity (Wildman–Crippen MR) is 64.2 cm³/mol. The summed E-state index contributed by atoms with van der Waals surface area (Å²) in [7, 11) is 0. The van der Waals surface area contributed by atoms with Crippen molar-refractivity contribution in [3.8, 4) is 6.07 Å². The van der Waals surface area contributed by atoms with Crippen LogP contribution in [0.5, 0.6) is 0 Å². The Bertz CT molecular complexity index is 470. The third kappa shape index (κ3) is 2.26. The van der Waals surface area contributed by atoms with E-state index in [1.54, 1.807) is 6.07 Å². The summed E-state index contributed by atoms with van der Waals surface area (Å²) in [5, 5.41) is 8.72. The van der Waals surface area contributed by atoms with Crippen molar-refractivity contribution >= 4 is 5.69 Å². The first-order valence-corrected chi connectivity index (χ1v) is 6.24. The lowest BCUT2D eigenvalue weighted by Gasteiger charge is -2.24. The summed E-state index contributed by atoms with van der Waals surface area (Å²) >= 11 is 0. The van der Waals surface area contributed by atoms with Gasteiger partial charge in [-0.2, -0.15) is 5.26 Å². The van der Waals surface area contributed by atoms with Gasteiger partial charge in [-0.05, 0) is 49.8 Å². The van der Waals surface area contributed by atoms with Crippen molar-refractivity contribution in [3.05, 3.63) is 29.6 Å². The van der Waals surface area contributed by atoms with Gasteiger partial charge < -0.3 is 4.90 Å². The van der Waals surface area contributed by atoms with Crippen LogP contribution in [0.3, 0.4) is 0 Å². The van der Waals surface area contributed by atoms with Crippen molar-refractivity contribution in [1.29, 1.82) is 5.26 Å². The molecule has 0 aromatic heterocycles. The molecular formula is C14H15FN2. The predicted octanol–water partition coefficient (Wildman–Crippen LogP) is 3.08. The monoisotopic (exact) mass is 230 g/mol. The maximum atomic E-state index is 13.6. The van der Waals surface area contributed by atoms with E-state index < -0.39 is 5.82 Å². The van der Waals surface area contributed by atoms with Crippen LogP contribution in [0.25, 0.3) is 0 Å². The summed E-state index contributed by atoms with van der Waals surface area (Å²) in [6, 6.07) is 7.45. The summed E-state index contributed by atoms with van der Waals surface area (Å²) in [6.45, 7) is 1.05. The van der Waals surface area contributed by atoms with Gasteiger partial charge in [0.1, 0.15) is 11.9 Å². The zero-order valence-corrected chi connectivity index (χ0v) is 9.69. The number of rotatable bonds is 4. The summed E-state index contributed by atoms with van der Waals surface area (Å²) in [5.74, 6) is 0.403. The van der Waals surface area contributed by atoms with Crippen LogP contribution in [0.1, 0.15) is 31.2 Å². The fraction of sp³-hybridized carbons (Fsp3) is 0.500. The maximum Gasteiger partial charge on any atom is 0.143 e. The lowest BCUT2D eigenvalue weighted by Crippen LogP contribution is -2.28. The normalized spacial score (nSPS) is 18.8. The van der Waals surface area contributed by atoms with Crippen LogP contribution in [-0.4, -0.2) is 12.6 Å². The Balaban J connectivity index is 1.84. The van der Waals surface area contributed by atoms with E-state index >= 15 is 0 Å². The number of hydrogen-bond donors (Lipinski definition) is 0. The summed E-state index contributed by atoms with van der Waals surface area (Å²) < 4.78 is 13.6. The number of benzene rings is 1. The third-order valence-corrected chi connectivity index (χ3v) is 3.54. The van der Waals surface area contributed by atoms with E-state index in [-0.39, 0.29) is 5.56 Å². The van der Waals surface area contributed by atoms with Gasteiger partial charge in [0.15, 0.2) is 0 Å². The van der Waals surface area contributed by atoms with Crippen molar-refractivity contribution in [2.45, 2.75) is 31.7 Å². The Kier molecular flexibility index (Phi) is 2.51. The second-order valence-electron chi connectivity index (χ2n) is 5.10. The molecule has 0 spiro atoms. The molecule has 2 saturated carbocycles. The Morgan fingerprint density at radius 1 is 1.29 bits per heavy atom. The molecule has 3 heteroatoms. The largest absolute Gasteiger partial charge is 0.368 e. The lowest BCUT2D eigenvalue weighted by molar-refractivity contribution is 0.621. The second kappa shape index (κ2) is 4.03. The number of anilines is 1. The van der Waals surface area contributed by atoms with Gasteiger partial charge >= 0.3 is 0 Å². The highest BCUT2D eigenvalue weighted by Gasteiger charge is 2.34. The Morgan fingerprint density at radius 3 is 2.59 bits per heavy atom. The van der Waals surface area contributed by atoms with Crippen LogP contribution in [0.2, 0.25) is 0 Å². The van der Waals surface area contributed by atoms with E-state index in [1.807, 2.05) is 12.1 Å². The van der Waals surface area contributed by atoms with E-state index in [0.29, 0.717) is 6.04 Å². The average Bonchev–Trinajstić information content (AvgIpc) is 3.17. The van der Waals surface area contributed by atoms with E-state index in [0.717, 1.165) is 18.2 Å². The van der Waals surface area contributed by atoms with Crippen molar-refractivity contribution in [2.75, 3.05) is 11.4 Å². The molecule has 0 atom stereocenters. The van der Waals surface area contributed by atoms with Crippen LogP contribution >= 0.6 is 0 Å². The highest BCUT2D eigenvalue weighted by Crippen LogP contribution is 2.37. The van der Waals surface area contributed by atoms with Crippen LogP contribution in [0, 0.1) is 23.1 Å². The Labute approximate surface area is 101 Å². The molecule has 0 N–H and O–H groups in total. The fourth-order valence-electron chi connectivity index (χ4n) is 2.20. The minimum absolute atomic E-state index is 0.135. The highest BCUT2D eigenvalue weighted by molar-refractivity contribution is 5.52. The standard InChI is InChI=1S/C14H15FN2/c15-14-7-13(4-3-11(14)8-16)17(12-5-6-12)9-10-1-2-10/h3-4,7,10,12H,1-2,5-6,9H2. The molecule has 0 unspecified atom stereocenters. The fourth-order valence-corrected chi connectivity index (χ4v) is 2.20. The average molecular weight is 230 g/mol. The van der Waals surface area contributed by atoms with Gasteiger partial charge in [0.05, 0.1) is 5.56 Å². The molecule has 2 fully saturated rings. The highest BCUT2D eigenvalue weighted by atomic mass is 19.1. The molecule has 3 rings (SSSR count). The topological polar surface area (TPSA) is 27.0 Å². The minimum atomic E-state index is -0.397. The molecule has 88 valence electrons. The molecule has 0 aliphatic heterocycles. The van der Waals surface area contributed by atoms with Gasteiger partial charge in [-0.15, -0.1) is 0 Å². The first-order chi connectivity index (χ1) is 8.28. The quantitative estimate of drug-likeness (QED) is 0.794. The van der Waals surface area contributed by atoms with Crippen LogP contribution < -0.4 is 4.90 Å². The molecule has 0 bridgehead atoms. The molecule has 0 amide bonds. The second-order valence-corrected chi connectivity index (χ2v) is 5.10. The minimum Gasteiger partial charge on any atom is -0.368 e. The van der Waals surface area contributed by atoms with Crippen molar-refractivity contribution < 1.29 is 4.39 Å². The Hall–Kier alpha value is -1.56. The Morgan fingerprint density at radius 2 is 2.06 bits per heavy atom.